The maximum Gasteiger partial charge on any atom is 0.0375 e. The molecule has 3 heteroatoms. The summed E-state index contributed by atoms with van der Waals surface area (Å²) in [7, 11) is 2.19. The number of nitrogens with one attached hydrogen (secondary N) is 1. The molecule has 0 fully saturated rings. The third kappa shape index (κ3) is 3.66. The third-order valence-corrected chi connectivity index (χ3v) is 4.47. The van der Waals surface area contributed by atoms with Crippen LogP contribution in [0.25, 0.3) is 0 Å². The van der Waals surface area contributed by atoms with Crippen LogP contribution in [-0.2, 0) is 19.5 Å². The van der Waals surface area contributed by atoms with E-state index in [2.05, 4.69) is 75.7 Å². The Balaban J connectivity index is 1.71. The second kappa shape index (κ2) is 6.63. The fourth-order valence-electron chi connectivity index (χ4n) is 3.03. The molecule has 1 aliphatic heterocycles. The minimum absolute atomic E-state index is 0.969. The fraction of sp³-hybridized carbons (Fsp3) is 0.333. The zero-order valence-electron chi connectivity index (χ0n) is 12.4. The molecule has 2 nitrogen and oxygen atoms in total. The Kier molecular flexibility index (Phi) is 4.61. The first kappa shape index (κ1) is 14.6. The van der Waals surface area contributed by atoms with Gasteiger partial charge >= 0.3 is 0 Å². The van der Waals surface area contributed by atoms with E-state index >= 15 is 0 Å². The first-order valence-electron chi connectivity index (χ1n) is 7.50. The van der Waals surface area contributed by atoms with Crippen LogP contribution in [0.2, 0.25) is 0 Å². The van der Waals surface area contributed by atoms with E-state index in [1.54, 1.807) is 0 Å². The number of fused-ring (bicyclic) bond motifs is 1. The predicted octanol–water partition coefficient (Wildman–Crippen LogP) is 4.44. The van der Waals surface area contributed by atoms with Gasteiger partial charge in [-0.2, -0.15) is 0 Å². The Hall–Kier alpha value is -1.32. The normalized spacial score (nSPS) is 13.9. The summed E-state index contributed by atoms with van der Waals surface area (Å²) in [6.45, 7) is 3.07. The number of anilines is 1. The van der Waals surface area contributed by atoms with E-state index in [4.69, 9.17) is 0 Å². The van der Waals surface area contributed by atoms with Gasteiger partial charge in [0, 0.05) is 29.8 Å². The fourth-order valence-corrected chi connectivity index (χ4v) is 3.47. The average Bonchev–Trinajstić information content (AvgIpc) is 2.47. The summed E-state index contributed by atoms with van der Waals surface area (Å²) in [5.41, 5.74) is 5.63. The summed E-state index contributed by atoms with van der Waals surface area (Å²) in [5, 5.41) is 3.51. The quantitative estimate of drug-likeness (QED) is 0.881. The van der Waals surface area contributed by atoms with E-state index in [1.807, 2.05) is 0 Å². The van der Waals surface area contributed by atoms with Gasteiger partial charge in [0.2, 0.25) is 0 Å². The second-order valence-electron chi connectivity index (χ2n) is 5.78. The van der Waals surface area contributed by atoms with Crippen molar-refractivity contribution in [1.82, 2.24) is 4.90 Å². The standard InChI is InChI=1S/C18H21BrN2/c1-21(12-14-5-2-7-16(19)11-14)13-15-6-3-9-18-17(15)8-4-10-20-18/h2-3,5-7,9,11,20H,4,8,10,12-13H2,1H3. The van der Waals surface area contributed by atoms with Gasteiger partial charge in [-0.25, -0.2) is 0 Å². The monoisotopic (exact) mass is 344 g/mol. The smallest absolute Gasteiger partial charge is 0.0375 e. The van der Waals surface area contributed by atoms with Crippen LogP contribution < -0.4 is 5.32 Å². The Morgan fingerprint density at radius 1 is 1.14 bits per heavy atom. The predicted molar refractivity (Wildman–Crippen MR) is 92.6 cm³/mol. The molecule has 0 saturated carbocycles. The molecule has 0 saturated heterocycles. The van der Waals surface area contributed by atoms with Crippen molar-refractivity contribution in [2.75, 3.05) is 18.9 Å². The third-order valence-electron chi connectivity index (χ3n) is 3.97. The summed E-state index contributed by atoms with van der Waals surface area (Å²) in [5.74, 6) is 0. The van der Waals surface area contributed by atoms with Gasteiger partial charge in [-0.1, -0.05) is 40.2 Å². The molecule has 1 aliphatic rings. The first-order chi connectivity index (χ1) is 10.2. The van der Waals surface area contributed by atoms with E-state index in [1.165, 1.54) is 35.2 Å². The van der Waals surface area contributed by atoms with Gasteiger partial charge in [-0.05, 0) is 54.8 Å². The molecule has 0 bridgehead atoms. The summed E-state index contributed by atoms with van der Waals surface area (Å²) in [6, 6.07) is 15.2. The van der Waals surface area contributed by atoms with Gasteiger partial charge in [-0.3, -0.25) is 4.90 Å². The highest BCUT2D eigenvalue weighted by atomic mass is 79.9. The van der Waals surface area contributed by atoms with Crippen molar-refractivity contribution in [3.8, 4) is 0 Å². The van der Waals surface area contributed by atoms with Crippen LogP contribution in [0.15, 0.2) is 46.9 Å². The summed E-state index contributed by atoms with van der Waals surface area (Å²) >= 11 is 3.54. The van der Waals surface area contributed by atoms with Gasteiger partial charge in [0.05, 0.1) is 0 Å². The highest BCUT2D eigenvalue weighted by Gasteiger charge is 2.13. The lowest BCUT2D eigenvalue weighted by molar-refractivity contribution is 0.318. The summed E-state index contributed by atoms with van der Waals surface area (Å²) in [6.07, 6.45) is 2.43. The van der Waals surface area contributed by atoms with E-state index in [-0.39, 0.29) is 0 Å². The van der Waals surface area contributed by atoms with Gasteiger partial charge in [0.15, 0.2) is 0 Å². The van der Waals surface area contributed by atoms with Crippen molar-refractivity contribution in [2.45, 2.75) is 25.9 Å². The van der Waals surface area contributed by atoms with Crippen molar-refractivity contribution < 1.29 is 0 Å². The average molecular weight is 345 g/mol. The van der Waals surface area contributed by atoms with E-state index in [0.29, 0.717) is 0 Å². The Labute approximate surface area is 135 Å². The van der Waals surface area contributed by atoms with Gasteiger partial charge in [0.1, 0.15) is 0 Å². The number of rotatable bonds is 4. The number of halogens is 1. The van der Waals surface area contributed by atoms with E-state index in [9.17, 15) is 0 Å². The minimum Gasteiger partial charge on any atom is -0.385 e. The first-order valence-corrected chi connectivity index (χ1v) is 8.29. The topological polar surface area (TPSA) is 15.3 Å². The van der Waals surface area contributed by atoms with Gasteiger partial charge < -0.3 is 5.32 Å². The zero-order valence-corrected chi connectivity index (χ0v) is 14.0. The molecule has 3 rings (SSSR count). The molecule has 0 amide bonds. The number of hydrogen-bond donors (Lipinski definition) is 1. The van der Waals surface area contributed by atoms with Crippen molar-refractivity contribution in [2.24, 2.45) is 0 Å². The molecule has 0 aromatic heterocycles. The van der Waals surface area contributed by atoms with Crippen LogP contribution >= 0.6 is 15.9 Å². The number of nitrogens with zero attached hydrogens (tertiary/aromatic N) is 1. The molecular formula is C18H21BrN2. The molecule has 110 valence electrons. The van der Waals surface area contributed by atoms with Gasteiger partial charge in [-0.15, -0.1) is 0 Å². The molecule has 2 aromatic rings. The molecular weight excluding hydrogens is 324 g/mol. The Bertz CT molecular complexity index is 624. The van der Waals surface area contributed by atoms with Crippen molar-refractivity contribution >= 4 is 21.6 Å². The number of hydrogen-bond acceptors (Lipinski definition) is 2. The number of benzene rings is 2. The van der Waals surface area contributed by atoms with Crippen molar-refractivity contribution in [1.29, 1.82) is 0 Å². The van der Waals surface area contributed by atoms with Crippen LogP contribution in [0.3, 0.4) is 0 Å². The molecule has 0 unspecified atom stereocenters. The van der Waals surface area contributed by atoms with Crippen molar-refractivity contribution in [3.63, 3.8) is 0 Å². The highest BCUT2D eigenvalue weighted by molar-refractivity contribution is 9.10. The van der Waals surface area contributed by atoms with Crippen LogP contribution in [0.1, 0.15) is 23.1 Å². The molecule has 0 spiro atoms. The second-order valence-corrected chi connectivity index (χ2v) is 6.69. The minimum atomic E-state index is 0.969. The molecule has 2 aromatic carbocycles. The van der Waals surface area contributed by atoms with Crippen molar-refractivity contribution in [3.05, 3.63) is 63.6 Å². The molecule has 0 aliphatic carbocycles. The summed E-state index contributed by atoms with van der Waals surface area (Å²) < 4.78 is 1.15. The molecule has 0 atom stereocenters. The Morgan fingerprint density at radius 3 is 2.86 bits per heavy atom. The maximum absolute atomic E-state index is 3.54. The SMILES string of the molecule is CN(Cc1cccc(Br)c1)Cc1cccc2c1CCCN2. The van der Waals surface area contributed by atoms with Crippen LogP contribution in [0.5, 0.6) is 0 Å². The zero-order chi connectivity index (χ0) is 14.7. The highest BCUT2D eigenvalue weighted by Crippen LogP contribution is 2.26. The van der Waals surface area contributed by atoms with Gasteiger partial charge in [0.25, 0.3) is 0 Å². The van der Waals surface area contributed by atoms with Crippen LogP contribution in [0, 0.1) is 0 Å². The summed E-state index contributed by atoms with van der Waals surface area (Å²) in [4.78, 5) is 2.38. The van der Waals surface area contributed by atoms with Crippen LogP contribution in [-0.4, -0.2) is 18.5 Å². The molecule has 21 heavy (non-hydrogen) atoms. The lowest BCUT2D eigenvalue weighted by Crippen LogP contribution is -2.20. The largest absolute Gasteiger partial charge is 0.385 e. The van der Waals surface area contributed by atoms with E-state index < -0.39 is 0 Å². The molecule has 1 N–H and O–H groups in total. The van der Waals surface area contributed by atoms with E-state index in [0.717, 1.165) is 24.1 Å². The van der Waals surface area contributed by atoms with Crippen LogP contribution in [0.4, 0.5) is 5.69 Å². The Morgan fingerprint density at radius 2 is 2.00 bits per heavy atom. The molecule has 0 radical (unpaired) electrons. The molecule has 1 heterocycles. The maximum atomic E-state index is 3.54. The lowest BCUT2D eigenvalue weighted by Gasteiger charge is -2.24. The lowest BCUT2D eigenvalue weighted by atomic mass is 9.97.